The SMILES string of the molecule is Cc1nc(C(CCCc2ccccc2)NN)cs1. The molecule has 0 saturated carbocycles. The minimum Gasteiger partial charge on any atom is -0.271 e. The molecule has 0 saturated heterocycles. The maximum absolute atomic E-state index is 5.61. The Bertz CT molecular complexity index is 467. The van der Waals surface area contributed by atoms with Gasteiger partial charge in [-0.2, -0.15) is 0 Å². The van der Waals surface area contributed by atoms with E-state index in [4.69, 9.17) is 5.84 Å². The van der Waals surface area contributed by atoms with Crippen LogP contribution < -0.4 is 11.3 Å². The smallest absolute Gasteiger partial charge is 0.0898 e. The van der Waals surface area contributed by atoms with Gasteiger partial charge in [0.2, 0.25) is 0 Å². The van der Waals surface area contributed by atoms with Gasteiger partial charge in [0.1, 0.15) is 0 Å². The molecule has 18 heavy (non-hydrogen) atoms. The van der Waals surface area contributed by atoms with Crippen molar-refractivity contribution in [3.05, 3.63) is 52.0 Å². The second-order valence-corrected chi connectivity index (χ2v) is 5.45. The van der Waals surface area contributed by atoms with Crippen LogP contribution in [0, 0.1) is 6.92 Å². The molecule has 3 nitrogen and oxygen atoms in total. The van der Waals surface area contributed by atoms with Crippen molar-refractivity contribution in [2.45, 2.75) is 32.2 Å². The third kappa shape index (κ3) is 3.63. The molecule has 0 bridgehead atoms. The Morgan fingerprint density at radius 2 is 2.11 bits per heavy atom. The van der Waals surface area contributed by atoms with E-state index in [1.54, 1.807) is 11.3 Å². The van der Waals surface area contributed by atoms with E-state index in [1.807, 2.05) is 13.0 Å². The highest BCUT2D eigenvalue weighted by Gasteiger charge is 2.12. The number of nitrogens with two attached hydrogens (primary N) is 1. The van der Waals surface area contributed by atoms with E-state index in [0.29, 0.717) is 0 Å². The minimum absolute atomic E-state index is 0.165. The summed E-state index contributed by atoms with van der Waals surface area (Å²) in [6.07, 6.45) is 3.20. The average Bonchev–Trinajstić information content (AvgIpc) is 2.82. The minimum atomic E-state index is 0.165. The fourth-order valence-corrected chi connectivity index (χ4v) is 2.68. The first kappa shape index (κ1) is 13.2. The van der Waals surface area contributed by atoms with Gasteiger partial charge in [0.25, 0.3) is 0 Å². The number of benzene rings is 1. The lowest BCUT2D eigenvalue weighted by molar-refractivity contribution is 0.489. The second kappa shape index (κ2) is 6.64. The van der Waals surface area contributed by atoms with E-state index >= 15 is 0 Å². The van der Waals surface area contributed by atoms with E-state index in [2.05, 4.69) is 40.1 Å². The van der Waals surface area contributed by atoms with Crippen LogP contribution in [0.15, 0.2) is 35.7 Å². The first-order valence-corrected chi connectivity index (χ1v) is 7.09. The Kier molecular flexibility index (Phi) is 4.87. The largest absolute Gasteiger partial charge is 0.271 e. The molecular formula is C14H19N3S. The molecule has 1 heterocycles. The van der Waals surface area contributed by atoms with Crippen LogP contribution in [0.1, 0.15) is 35.1 Å². The number of hydrazine groups is 1. The molecule has 0 aliphatic heterocycles. The number of rotatable bonds is 6. The van der Waals surface area contributed by atoms with Crippen molar-refractivity contribution >= 4 is 11.3 Å². The molecule has 3 N–H and O–H groups in total. The molecule has 0 radical (unpaired) electrons. The highest BCUT2D eigenvalue weighted by atomic mass is 32.1. The lowest BCUT2D eigenvalue weighted by Crippen LogP contribution is -2.28. The molecule has 1 atom stereocenters. The van der Waals surface area contributed by atoms with Crippen LogP contribution in [0.2, 0.25) is 0 Å². The molecule has 96 valence electrons. The zero-order chi connectivity index (χ0) is 12.8. The van der Waals surface area contributed by atoms with Crippen molar-refractivity contribution in [2.24, 2.45) is 5.84 Å². The summed E-state index contributed by atoms with van der Waals surface area (Å²) in [5.74, 6) is 5.61. The van der Waals surface area contributed by atoms with Crippen LogP contribution in [-0.4, -0.2) is 4.98 Å². The zero-order valence-electron chi connectivity index (χ0n) is 10.6. The number of nitrogens with zero attached hydrogens (tertiary/aromatic N) is 1. The van der Waals surface area contributed by atoms with Crippen LogP contribution in [0.5, 0.6) is 0 Å². The summed E-state index contributed by atoms with van der Waals surface area (Å²) in [6.45, 7) is 2.02. The molecule has 1 aromatic heterocycles. The zero-order valence-corrected chi connectivity index (χ0v) is 11.4. The number of aryl methyl sites for hydroxylation is 2. The van der Waals surface area contributed by atoms with Crippen LogP contribution in [-0.2, 0) is 6.42 Å². The molecule has 1 unspecified atom stereocenters. The molecule has 0 fully saturated rings. The molecule has 0 aliphatic carbocycles. The predicted molar refractivity (Wildman–Crippen MR) is 76.3 cm³/mol. The summed E-state index contributed by atoms with van der Waals surface area (Å²) < 4.78 is 0. The lowest BCUT2D eigenvalue weighted by Gasteiger charge is -2.13. The van der Waals surface area contributed by atoms with Crippen molar-refractivity contribution in [1.82, 2.24) is 10.4 Å². The van der Waals surface area contributed by atoms with Crippen molar-refractivity contribution in [1.29, 1.82) is 0 Å². The van der Waals surface area contributed by atoms with E-state index < -0.39 is 0 Å². The Labute approximate surface area is 112 Å². The molecule has 4 heteroatoms. The molecule has 2 rings (SSSR count). The highest BCUT2D eigenvalue weighted by molar-refractivity contribution is 7.09. The average molecular weight is 261 g/mol. The Morgan fingerprint density at radius 3 is 2.72 bits per heavy atom. The maximum atomic E-state index is 5.61. The van der Waals surface area contributed by atoms with Crippen LogP contribution in [0.3, 0.4) is 0 Å². The summed E-state index contributed by atoms with van der Waals surface area (Å²) in [4.78, 5) is 4.48. The molecular weight excluding hydrogens is 242 g/mol. The summed E-state index contributed by atoms with van der Waals surface area (Å²) >= 11 is 1.67. The van der Waals surface area contributed by atoms with Gasteiger partial charge in [-0.25, -0.2) is 4.98 Å². The maximum Gasteiger partial charge on any atom is 0.0898 e. The van der Waals surface area contributed by atoms with Gasteiger partial charge < -0.3 is 0 Å². The quantitative estimate of drug-likeness (QED) is 0.621. The summed E-state index contributed by atoms with van der Waals surface area (Å²) in [6, 6.07) is 10.7. The first-order valence-electron chi connectivity index (χ1n) is 6.21. The van der Waals surface area contributed by atoms with Gasteiger partial charge in [0, 0.05) is 5.38 Å². The van der Waals surface area contributed by atoms with Gasteiger partial charge >= 0.3 is 0 Å². The third-order valence-corrected chi connectivity index (χ3v) is 3.79. The Balaban J connectivity index is 1.85. The molecule has 2 aromatic rings. The fourth-order valence-electron chi connectivity index (χ4n) is 2.01. The van der Waals surface area contributed by atoms with Crippen LogP contribution in [0.4, 0.5) is 0 Å². The summed E-state index contributed by atoms with van der Waals surface area (Å²) in [5, 5.41) is 3.18. The fraction of sp³-hybridized carbons (Fsp3) is 0.357. The van der Waals surface area contributed by atoms with Gasteiger partial charge in [0.15, 0.2) is 0 Å². The summed E-state index contributed by atoms with van der Waals surface area (Å²) in [5.41, 5.74) is 5.30. The van der Waals surface area contributed by atoms with Crippen molar-refractivity contribution in [3.63, 3.8) is 0 Å². The Morgan fingerprint density at radius 1 is 1.33 bits per heavy atom. The lowest BCUT2D eigenvalue weighted by atomic mass is 10.0. The van der Waals surface area contributed by atoms with Gasteiger partial charge in [-0.1, -0.05) is 30.3 Å². The van der Waals surface area contributed by atoms with Gasteiger partial charge in [-0.15, -0.1) is 11.3 Å². The number of hydrogen-bond acceptors (Lipinski definition) is 4. The standard InChI is InChI=1S/C14H19N3S/c1-11-16-14(10-18-11)13(17-15)9-5-8-12-6-3-2-4-7-12/h2-4,6-7,10,13,17H,5,8-9,15H2,1H3. The molecule has 0 aliphatic rings. The van der Waals surface area contributed by atoms with Gasteiger partial charge in [0.05, 0.1) is 16.7 Å². The van der Waals surface area contributed by atoms with E-state index in [1.165, 1.54) is 5.56 Å². The highest BCUT2D eigenvalue weighted by Crippen LogP contribution is 2.20. The molecule has 0 spiro atoms. The van der Waals surface area contributed by atoms with E-state index in [9.17, 15) is 0 Å². The van der Waals surface area contributed by atoms with E-state index in [-0.39, 0.29) is 6.04 Å². The first-order chi connectivity index (χ1) is 8.79. The number of aromatic nitrogens is 1. The number of nitrogens with one attached hydrogen (secondary N) is 1. The number of hydrogen-bond donors (Lipinski definition) is 2. The van der Waals surface area contributed by atoms with Crippen molar-refractivity contribution in [2.75, 3.05) is 0 Å². The van der Waals surface area contributed by atoms with Crippen LogP contribution >= 0.6 is 11.3 Å². The summed E-state index contributed by atoms with van der Waals surface area (Å²) in [7, 11) is 0. The van der Waals surface area contributed by atoms with Gasteiger partial charge in [-0.3, -0.25) is 11.3 Å². The van der Waals surface area contributed by atoms with Crippen molar-refractivity contribution < 1.29 is 0 Å². The van der Waals surface area contributed by atoms with Gasteiger partial charge in [-0.05, 0) is 31.7 Å². The monoisotopic (exact) mass is 261 g/mol. The predicted octanol–water partition coefficient (Wildman–Crippen LogP) is 2.98. The van der Waals surface area contributed by atoms with Crippen molar-refractivity contribution in [3.8, 4) is 0 Å². The second-order valence-electron chi connectivity index (χ2n) is 4.39. The molecule has 0 amide bonds. The Hall–Kier alpha value is -1.23. The third-order valence-electron chi connectivity index (χ3n) is 3.00. The van der Waals surface area contributed by atoms with E-state index in [0.717, 1.165) is 30.0 Å². The molecule has 1 aromatic carbocycles. The van der Waals surface area contributed by atoms with Crippen LogP contribution in [0.25, 0.3) is 0 Å². The topological polar surface area (TPSA) is 50.9 Å². The normalized spacial score (nSPS) is 12.6. The number of thiazole rings is 1.